The van der Waals surface area contributed by atoms with Gasteiger partial charge in [0.25, 0.3) is 11.6 Å². The van der Waals surface area contributed by atoms with E-state index in [0.29, 0.717) is 16.6 Å². The van der Waals surface area contributed by atoms with E-state index in [0.717, 1.165) is 17.8 Å². The quantitative estimate of drug-likeness (QED) is 0.616. The van der Waals surface area contributed by atoms with Gasteiger partial charge in [0.05, 0.1) is 20.8 Å². The van der Waals surface area contributed by atoms with Gasteiger partial charge in [0.15, 0.2) is 0 Å². The molecule has 6 nitrogen and oxygen atoms in total. The van der Waals surface area contributed by atoms with Crippen molar-refractivity contribution in [2.45, 2.75) is 19.4 Å². The number of carbonyl (C=O) groups is 1. The van der Waals surface area contributed by atoms with Crippen LogP contribution in [0.5, 0.6) is 0 Å². The highest BCUT2D eigenvalue weighted by atomic mass is 79.9. The lowest BCUT2D eigenvalue weighted by atomic mass is 10.1. The number of rotatable bonds is 2. The van der Waals surface area contributed by atoms with Crippen molar-refractivity contribution in [3.05, 3.63) is 62.6 Å². The number of fused-ring (bicyclic) bond motifs is 1. The lowest BCUT2D eigenvalue weighted by molar-refractivity contribution is -0.385. The van der Waals surface area contributed by atoms with Crippen molar-refractivity contribution in [3.8, 4) is 0 Å². The molecule has 0 saturated carbocycles. The average molecular weight is 390 g/mol. The van der Waals surface area contributed by atoms with Gasteiger partial charge in [-0.05, 0) is 53.5 Å². The minimum atomic E-state index is -0.499. The Morgan fingerprint density at radius 1 is 1.33 bits per heavy atom. The molecule has 0 fully saturated rings. The number of nitro benzene ring substituents is 1. The van der Waals surface area contributed by atoms with Crippen LogP contribution in [0.1, 0.15) is 23.7 Å². The summed E-state index contributed by atoms with van der Waals surface area (Å²) in [6, 6.07) is 12.3. The molecule has 3 rings (SSSR count). The smallest absolute Gasteiger partial charge is 0.284 e. The number of anilines is 2. The van der Waals surface area contributed by atoms with E-state index in [1.165, 1.54) is 12.1 Å². The van der Waals surface area contributed by atoms with Gasteiger partial charge in [-0.1, -0.05) is 12.1 Å². The van der Waals surface area contributed by atoms with Gasteiger partial charge in [-0.3, -0.25) is 14.9 Å². The highest BCUT2D eigenvalue weighted by molar-refractivity contribution is 9.10. The minimum Gasteiger partial charge on any atom is -0.381 e. The van der Waals surface area contributed by atoms with E-state index in [-0.39, 0.29) is 17.6 Å². The number of benzene rings is 2. The summed E-state index contributed by atoms with van der Waals surface area (Å²) >= 11 is 3.15. The van der Waals surface area contributed by atoms with Crippen molar-refractivity contribution in [2.75, 3.05) is 16.8 Å². The van der Waals surface area contributed by atoms with E-state index < -0.39 is 4.92 Å². The summed E-state index contributed by atoms with van der Waals surface area (Å²) in [6.07, 6.45) is 0.791. The van der Waals surface area contributed by atoms with E-state index in [4.69, 9.17) is 0 Å². The summed E-state index contributed by atoms with van der Waals surface area (Å²) in [4.78, 5) is 25.3. The number of para-hydroxylation sites is 2. The SMILES string of the molecule is C[C@H]1CCN(C(=O)c2ccc(Br)c([N+](=O)[O-])c2)c2ccccc2N1. The van der Waals surface area contributed by atoms with E-state index in [1.807, 2.05) is 24.3 Å². The van der Waals surface area contributed by atoms with E-state index in [9.17, 15) is 14.9 Å². The second-order valence-electron chi connectivity index (χ2n) is 5.73. The predicted octanol–water partition coefficient (Wildman–Crippen LogP) is 4.21. The first-order valence-corrected chi connectivity index (χ1v) is 8.38. The van der Waals surface area contributed by atoms with Crippen LogP contribution in [-0.4, -0.2) is 23.4 Å². The number of nitro groups is 1. The Hall–Kier alpha value is -2.41. The number of nitrogens with zero attached hydrogens (tertiary/aromatic N) is 2. The van der Waals surface area contributed by atoms with Crippen LogP contribution in [0.15, 0.2) is 46.9 Å². The van der Waals surface area contributed by atoms with Crippen LogP contribution in [0, 0.1) is 10.1 Å². The third-order valence-electron chi connectivity index (χ3n) is 4.02. The summed E-state index contributed by atoms with van der Waals surface area (Å²) < 4.78 is 0.357. The summed E-state index contributed by atoms with van der Waals surface area (Å²) in [5.41, 5.74) is 1.87. The molecule has 2 aromatic rings. The maximum Gasteiger partial charge on any atom is 0.284 e. The molecule has 0 unspecified atom stereocenters. The first-order valence-electron chi connectivity index (χ1n) is 7.58. The molecule has 1 aliphatic heterocycles. The van der Waals surface area contributed by atoms with E-state index >= 15 is 0 Å². The Morgan fingerprint density at radius 2 is 2.08 bits per heavy atom. The Kier molecular flexibility index (Phi) is 4.53. The highest BCUT2D eigenvalue weighted by Crippen LogP contribution is 2.32. The fourth-order valence-corrected chi connectivity index (χ4v) is 3.16. The number of hydrogen-bond acceptors (Lipinski definition) is 4. The third-order valence-corrected chi connectivity index (χ3v) is 4.69. The molecule has 0 spiro atoms. The summed E-state index contributed by atoms with van der Waals surface area (Å²) in [7, 11) is 0. The van der Waals surface area contributed by atoms with Crippen molar-refractivity contribution in [3.63, 3.8) is 0 Å². The molecular formula is C17H16BrN3O3. The fraction of sp³-hybridized carbons (Fsp3) is 0.235. The second kappa shape index (κ2) is 6.60. The van der Waals surface area contributed by atoms with Crippen LogP contribution in [0.4, 0.5) is 17.1 Å². The number of carbonyl (C=O) groups excluding carboxylic acids is 1. The van der Waals surface area contributed by atoms with Crippen LogP contribution in [0.25, 0.3) is 0 Å². The van der Waals surface area contributed by atoms with E-state index in [1.54, 1.807) is 11.0 Å². The molecule has 1 aliphatic rings. The zero-order valence-corrected chi connectivity index (χ0v) is 14.6. The third kappa shape index (κ3) is 3.12. The molecule has 24 heavy (non-hydrogen) atoms. The predicted molar refractivity (Wildman–Crippen MR) is 96.6 cm³/mol. The molecule has 1 atom stereocenters. The lowest BCUT2D eigenvalue weighted by Crippen LogP contribution is -2.32. The molecule has 0 radical (unpaired) electrons. The van der Waals surface area contributed by atoms with Gasteiger partial charge in [-0.25, -0.2) is 0 Å². The number of amides is 1. The van der Waals surface area contributed by atoms with Crippen LogP contribution in [0.2, 0.25) is 0 Å². The first-order chi connectivity index (χ1) is 11.5. The van der Waals surface area contributed by atoms with Crippen molar-refractivity contribution in [1.82, 2.24) is 0 Å². The van der Waals surface area contributed by atoms with Crippen molar-refractivity contribution < 1.29 is 9.72 Å². The zero-order valence-electron chi connectivity index (χ0n) is 13.0. The summed E-state index contributed by atoms with van der Waals surface area (Å²) in [5.74, 6) is -0.242. The molecule has 1 N–H and O–H groups in total. The van der Waals surface area contributed by atoms with Gasteiger partial charge in [0.2, 0.25) is 0 Å². The number of hydrogen-bond donors (Lipinski definition) is 1. The molecule has 7 heteroatoms. The Balaban J connectivity index is 2.01. The zero-order chi connectivity index (χ0) is 17.3. The van der Waals surface area contributed by atoms with Crippen LogP contribution in [0.3, 0.4) is 0 Å². The Labute approximate surface area is 147 Å². The van der Waals surface area contributed by atoms with Crippen LogP contribution >= 0.6 is 15.9 Å². The molecule has 1 amide bonds. The Morgan fingerprint density at radius 3 is 2.83 bits per heavy atom. The molecule has 0 aromatic heterocycles. The lowest BCUT2D eigenvalue weighted by Gasteiger charge is -2.22. The number of halogens is 1. The monoisotopic (exact) mass is 389 g/mol. The van der Waals surface area contributed by atoms with Crippen molar-refractivity contribution in [2.24, 2.45) is 0 Å². The van der Waals surface area contributed by atoms with Gasteiger partial charge in [0, 0.05) is 24.2 Å². The molecule has 0 bridgehead atoms. The maximum absolute atomic E-state index is 13.0. The van der Waals surface area contributed by atoms with Crippen LogP contribution < -0.4 is 10.2 Å². The largest absolute Gasteiger partial charge is 0.381 e. The van der Waals surface area contributed by atoms with Crippen molar-refractivity contribution in [1.29, 1.82) is 0 Å². The normalized spacial score (nSPS) is 16.8. The molecule has 124 valence electrons. The van der Waals surface area contributed by atoms with Gasteiger partial charge in [-0.15, -0.1) is 0 Å². The average Bonchev–Trinajstić information content (AvgIpc) is 2.72. The minimum absolute atomic E-state index is 0.115. The van der Waals surface area contributed by atoms with Gasteiger partial charge >= 0.3 is 0 Å². The molecule has 2 aromatic carbocycles. The summed E-state index contributed by atoms with van der Waals surface area (Å²) in [6.45, 7) is 2.61. The van der Waals surface area contributed by atoms with Crippen molar-refractivity contribution >= 4 is 38.9 Å². The molecular weight excluding hydrogens is 374 g/mol. The van der Waals surface area contributed by atoms with Crippen LogP contribution in [-0.2, 0) is 0 Å². The highest BCUT2D eigenvalue weighted by Gasteiger charge is 2.25. The number of nitrogens with one attached hydrogen (secondary N) is 1. The molecule has 1 heterocycles. The fourth-order valence-electron chi connectivity index (χ4n) is 2.76. The maximum atomic E-state index is 13.0. The Bertz CT molecular complexity index is 809. The van der Waals surface area contributed by atoms with Gasteiger partial charge in [0.1, 0.15) is 0 Å². The topological polar surface area (TPSA) is 75.5 Å². The van der Waals surface area contributed by atoms with Gasteiger partial charge < -0.3 is 10.2 Å². The second-order valence-corrected chi connectivity index (χ2v) is 6.59. The standard InChI is InChI=1S/C17H16BrN3O3/c1-11-8-9-20(15-5-3-2-4-14(15)19-11)17(22)12-6-7-13(18)16(10-12)21(23)24/h2-7,10-11,19H,8-9H2,1H3/t11-/m0/s1. The molecule has 0 saturated heterocycles. The van der Waals surface area contributed by atoms with E-state index in [2.05, 4.69) is 28.2 Å². The van der Waals surface area contributed by atoms with Gasteiger partial charge in [-0.2, -0.15) is 0 Å². The first kappa shape index (κ1) is 16.4. The summed E-state index contributed by atoms with van der Waals surface area (Å²) in [5, 5.41) is 14.5. The molecule has 0 aliphatic carbocycles.